The van der Waals surface area contributed by atoms with Crippen molar-refractivity contribution >= 4 is 17.4 Å². The monoisotopic (exact) mass is 208 g/mol. The number of Topliss-reactive ketones (excluding diaryl/α,β-unsaturated/α-hetero) is 1. The summed E-state index contributed by atoms with van der Waals surface area (Å²) in [6.45, 7) is 0. The van der Waals surface area contributed by atoms with Gasteiger partial charge in [-0.25, -0.2) is 0 Å². The fraction of sp³-hybridized carbons (Fsp3) is 0.364. The number of hydrogen-bond acceptors (Lipinski definition) is 2. The Labute approximate surface area is 88.1 Å². The van der Waals surface area contributed by atoms with Crippen LogP contribution in [0, 0.1) is 12.0 Å². The minimum Gasteiger partial charge on any atom is -0.318 e. The SMILES string of the molecule is NC(C(=O)C1CC1)c1c[c]c(Cl)cc1. The highest BCUT2D eigenvalue weighted by atomic mass is 35.5. The first-order chi connectivity index (χ1) is 6.68. The number of rotatable bonds is 3. The average molecular weight is 209 g/mol. The largest absolute Gasteiger partial charge is 0.318 e. The number of carbonyl (C=O) groups excluding carboxylic acids is 1. The summed E-state index contributed by atoms with van der Waals surface area (Å²) in [7, 11) is 0. The molecule has 3 heteroatoms. The molecule has 0 aromatic heterocycles. The molecule has 1 aromatic rings. The highest BCUT2D eigenvalue weighted by Crippen LogP contribution is 2.33. The van der Waals surface area contributed by atoms with E-state index in [-0.39, 0.29) is 11.7 Å². The Morgan fingerprint density at radius 2 is 2.29 bits per heavy atom. The van der Waals surface area contributed by atoms with Crippen molar-refractivity contribution in [3.05, 3.63) is 34.9 Å². The van der Waals surface area contributed by atoms with Crippen LogP contribution in [0.2, 0.25) is 5.02 Å². The van der Waals surface area contributed by atoms with Crippen molar-refractivity contribution in [2.45, 2.75) is 18.9 Å². The van der Waals surface area contributed by atoms with E-state index in [1.165, 1.54) is 0 Å². The Morgan fingerprint density at radius 1 is 1.57 bits per heavy atom. The first kappa shape index (κ1) is 9.69. The van der Waals surface area contributed by atoms with Crippen LogP contribution in [0.1, 0.15) is 24.4 Å². The molecule has 0 saturated heterocycles. The fourth-order valence-electron chi connectivity index (χ4n) is 1.40. The van der Waals surface area contributed by atoms with Gasteiger partial charge in [0.2, 0.25) is 0 Å². The zero-order valence-corrected chi connectivity index (χ0v) is 8.42. The molecular weight excluding hydrogens is 198 g/mol. The van der Waals surface area contributed by atoms with Gasteiger partial charge >= 0.3 is 0 Å². The van der Waals surface area contributed by atoms with Crippen molar-refractivity contribution < 1.29 is 4.79 Å². The van der Waals surface area contributed by atoms with E-state index in [0.717, 1.165) is 18.4 Å². The van der Waals surface area contributed by atoms with Gasteiger partial charge in [-0.05, 0) is 30.5 Å². The Hall–Kier alpha value is -0.860. The van der Waals surface area contributed by atoms with Gasteiger partial charge in [0.05, 0.1) is 6.04 Å². The summed E-state index contributed by atoms with van der Waals surface area (Å²) in [5.74, 6) is 0.335. The summed E-state index contributed by atoms with van der Waals surface area (Å²) in [6.07, 6.45) is 1.98. The van der Waals surface area contributed by atoms with Gasteiger partial charge in [-0.3, -0.25) is 4.79 Å². The number of ketones is 1. The van der Waals surface area contributed by atoms with Crippen LogP contribution in [0.25, 0.3) is 0 Å². The number of halogens is 1. The second-order valence-electron chi connectivity index (χ2n) is 3.62. The molecule has 1 aliphatic carbocycles. The first-order valence-corrected chi connectivity index (χ1v) is 5.02. The third-order valence-corrected chi connectivity index (χ3v) is 2.68. The summed E-state index contributed by atoms with van der Waals surface area (Å²) >= 11 is 5.69. The second-order valence-corrected chi connectivity index (χ2v) is 4.03. The molecule has 0 heterocycles. The lowest BCUT2D eigenvalue weighted by atomic mass is 10.0. The molecule has 1 fully saturated rings. The predicted octanol–water partition coefficient (Wildman–Crippen LogP) is 2.12. The van der Waals surface area contributed by atoms with E-state index in [9.17, 15) is 4.79 Å². The third kappa shape index (κ3) is 1.97. The van der Waals surface area contributed by atoms with Crippen molar-refractivity contribution in [3.8, 4) is 0 Å². The lowest BCUT2D eigenvalue weighted by Crippen LogP contribution is -2.22. The summed E-state index contributed by atoms with van der Waals surface area (Å²) in [6, 6.07) is 7.50. The van der Waals surface area contributed by atoms with Crippen LogP contribution in [0.15, 0.2) is 18.2 Å². The predicted molar refractivity (Wildman–Crippen MR) is 54.9 cm³/mol. The van der Waals surface area contributed by atoms with Crippen LogP contribution < -0.4 is 5.73 Å². The molecule has 73 valence electrons. The molecule has 1 atom stereocenters. The maximum absolute atomic E-state index is 11.6. The molecule has 0 aliphatic heterocycles. The molecule has 0 bridgehead atoms. The highest BCUT2D eigenvalue weighted by molar-refractivity contribution is 6.30. The highest BCUT2D eigenvalue weighted by Gasteiger charge is 2.33. The number of hydrogen-bond donors (Lipinski definition) is 1. The summed E-state index contributed by atoms with van der Waals surface area (Å²) < 4.78 is 0. The van der Waals surface area contributed by atoms with Gasteiger partial charge in [0.25, 0.3) is 0 Å². The van der Waals surface area contributed by atoms with Gasteiger partial charge in [0, 0.05) is 17.0 Å². The van der Waals surface area contributed by atoms with Crippen LogP contribution in [0.4, 0.5) is 0 Å². The van der Waals surface area contributed by atoms with Crippen LogP contribution in [0.5, 0.6) is 0 Å². The molecule has 1 saturated carbocycles. The maximum Gasteiger partial charge on any atom is 0.157 e. The normalized spacial score (nSPS) is 17.9. The van der Waals surface area contributed by atoms with Crippen molar-refractivity contribution in [3.63, 3.8) is 0 Å². The molecule has 1 radical (unpaired) electrons. The minimum absolute atomic E-state index is 0.140. The van der Waals surface area contributed by atoms with E-state index >= 15 is 0 Å². The Bertz CT molecular complexity index is 343. The second kappa shape index (κ2) is 3.71. The number of benzene rings is 1. The maximum atomic E-state index is 11.6. The standard InChI is InChI=1S/C11H11ClNO/c12-9-5-3-7(4-6-9)10(13)11(14)8-1-2-8/h3-5,8,10H,1-2,13H2. The van der Waals surface area contributed by atoms with Gasteiger partial charge in [0.1, 0.15) is 0 Å². The molecule has 2 N–H and O–H groups in total. The lowest BCUT2D eigenvalue weighted by molar-refractivity contribution is -0.121. The quantitative estimate of drug-likeness (QED) is 0.827. The van der Waals surface area contributed by atoms with Gasteiger partial charge in [-0.2, -0.15) is 0 Å². The van der Waals surface area contributed by atoms with Crippen molar-refractivity contribution in [1.29, 1.82) is 0 Å². The molecule has 1 unspecified atom stereocenters. The molecule has 2 rings (SSSR count). The Kier molecular flexibility index (Phi) is 2.57. The van der Waals surface area contributed by atoms with Crippen LogP contribution in [-0.4, -0.2) is 5.78 Å². The summed E-state index contributed by atoms with van der Waals surface area (Å²) in [5.41, 5.74) is 6.61. The van der Waals surface area contributed by atoms with Crippen LogP contribution >= 0.6 is 11.6 Å². The van der Waals surface area contributed by atoms with E-state index < -0.39 is 6.04 Å². The topological polar surface area (TPSA) is 43.1 Å². The summed E-state index contributed by atoms with van der Waals surface area (Å²) in [4.78, 5) is 11.6. The molecule has 0 amide bonds. The molecule has 0 spiro atoms. The molecular formula is C11H11ClNO. The molecule has 1 aliphatic rings. The van der Waals surface area contributed by atoms with Gasteiger partial charge in [-0.1, -0.05) is 17.7 Å². The van der Waals surface area contributed by atoms with Crippen molar-refractivity contribution in [1.82, 2.24) is 0 Å². The first-order valence-electron chi connectivity index (χ1n) is 4.65. The van der Waals surface area contributed by atoms with Crippen molar-refractivity contribution in [2.24, 2.45) is 11.7 Å². The van der Waals surface area contributed by atoms with E-state index in [0.29, 0.717) is 5.02 Å². The number of nitrogens with two attached hydrogens (primary N) is 1. The zero-order valence-electron chi connectivity index (χ0n) is 7.66. The third-order valence-electron chi connectivity index (χ3n) is 2.44. The van der Waals surface area contributed by atoms with Crippen LogP contribution in [-0.2, 0) is 4.79 Å². The lowest BCUT2D eigenvalue weighted by Gasteiger charge is -2.09. The van der Waals surface area contributed by atoms with E-state index in [2.05, 4.69) is 6.07 Å². The smallest absolute Gasteiger partial charge is 0.157 e. The van der Waals surface area contributed by atoms with Crippen LogP contribution in [0.3, 0.4) is 0 Å². The molecule has 2 nitrogen and oxygen atoms in total. The van der Waals surface area contributed by atoms with Gasteiger partial charge in [-0.15, -0.1) is 0 Å². The van der Waals surface area contributed by atoms with Gasteiger partial charge < -0.3 is 5.73 Å². The zero-order chi connectivity index (χ0) is 10.1. The van der Waals surface area contributed by atoms with Gasteiger partial charge in [0.15, 0.2) is 5.78 Å². The molecule has 1 aromatic carbocycles. The number of carbonyl (C=O) groups is 1. The van der Waals surface area contributed by atoms with E-state index in [4.69, 9.17) is 17.3 Å². The Balaban J connectivity index is 2.13. The summed E-state index contributed by atoms with van der Waals surface area (Å²) in [5, 5.41) is 0.542. The minimum atomic E-state index is -0.504. The molecule has 14 heavy (non-hydrogen) atoms. The fourth-order valence-corrected chi connectivity index (χ4v) is 1.51. The van der Waals surface area contributed by atoms with E-state index in [1.807, 2.05) is 0 Å². The average Bonchev–Trinajstić information content (AvgIpc) is 3.00. The van der Waals surface area contributed by atoms with E-state index in [1.54, 1.807) is 18.2 Å². The van der Waals surface area contributed by atoms with Crippen molar-refractivity contribution in [2.75, 3.05) is 0 Å². The Morgan fingerprint density at radius 3 is 2.79 bits per heavy atom.